The first-order valence-corrected chi connectivity index (χ1v) is 6.85. The summed E-state index contributed by atoms with van der Waals surface area (Å²) in [5, 5.41) is 4.59. The minimum atomic E-state index is 0.700. The monoisotopic (exact) mass is 265 g/mol. The Hall–Kier alpha value is -1.52. The summed E-state index contributed by atoms with van der Waals surface area (Å²) in [5.41, 5.74) is 3.74. The van der Waals surface area contributed by atoms with Crippen LogP contribution in [0.3, 0.4) is 0 Å². The summed E-state index contributed by atoms with van der Waals surface area (Å²) < 4.78 is 1.99. The average Bonchev–Trinajstić information content (AvgIpc) is 2.64. The van der Waals surface area contributed by atoms with Crippen LogP contribution in [0.25, 0.3) is 0 Å². The quantitative estimate of drug-likeness (QED) is 0.612. The molecule has 1 heterocycles. The van der Waals surface area contributed by atoms with Crippen LogP contribution < -0.4 is 0 Å². The lowest BCUT2D eigenvalue weighted by Crippen LogP contribution is -2.35. The van der Waals surface area contributed by atoms with E-state index in [1.165, 1.54) is 17.0 Å². The molecular formula is C14H27N5. The summed E-state index contributed by atoms with van der Waals surface area (Å²) >= 11 is 0. The number of hydrogen-bond donors (Lipinski definition) is 0. The standard InChI is InChI=1S/C14H27N5/c1-8-12-11(13(9-2)19(7)16-12)10-15-14(17(3)4)18(5)6/h8-10H2,1-7H3. The molecule has 108 valence electrons. The molecule has 0 aromatic carbocycles. The molecule has 0 atom stereocenters. The first kappa shape index (κ1) is 15.5. The van der Waals surface area contributed by atoms with E-state index in [0.717, 1.165) is 18.8 Å². The summed E-state index contributed by atoms with van der Waals surface area (Å²) in [4.78, 5) is 8.81. The second-order valence-electron chi connectivity index (χ2n) is 5.11. The van der Waals surface area contributed by atoms with Gasteiger partial charge in [0.25, 0.3) is 0 Å². The Morgan fingerprint density at radius 1 is 1.11 bits per heavy atom. The third kappa shape index (κ3) is 3.49. The zero-order valence-corrected chi connectivity index (χ0v) is 13.4. The van der Waals surface area contributed by atoms with E-state index in [9.17, 15) is 0 Å². The highest BCUT2D eigenvalue weighted by atomic mass is 15.3. The van der Waals surface area contributed by atoms with Gasteiger partial charge in [-0.2, -0.15) is 5.10 Å². The van der Waals surface area contributed by atoms with Gasteiger partial charge in [-0.05, 0) is 12.8 Å². The summed E-state index contributed by atoms with van der Waals surface area (Å²) in [6.07, 6.45) is 1.95. The van der Waals surface area contributed by atoms with Gasteiger partial charge in [-0.3, -0.25) is 4.68 Å². The first-order chi connectivity index (χ1) is 8.92. The van der Waals surface area contributed by atoms with Gasteiger partial charge in [0.2, 0.25) is 0 Å². The van der Waals surface area contributed by atoms with Gasteiger partial charge >= 0.3 is 0 Å². The highest BCUT2D eigenvalue weighted by Crippen LogP contribution is 2.16. The molecule has 19 heavy (non-hydrogen) atoms. The van der Waals surface area contributed by atoms with Gasteiger partial charge in [0.05, 0.1) is 12.2 Å². The van der Waals surface area contributed by atoms with E-state index in [4.69, 9.17) is 4.99 Å². The van der Waals surface area contributed by atoms with Crippen molar-refractivity contribution in [2.24, 2.45) is 12.0 Å². The normalized spacial score (nSPS) is 10.5. The largest absolute Gasteiger partial charge is 0.349 e. The Bertz CT molecular complexity index is 433. The van der Waals surface area contributed by atoms with Crippen molar-refractivity contribution in [1.29, 1.82) is 0 Å². The van der Waals surface area contributed by atoms with Crippen LogP contribution in [0.2, 0.25) is 0 Å². The zero-order chi connectivity index (χ0) is 14.6. The maximum atomic E-state index is 4.74. The number of aliphatic imine (C=N–C) groups is 1. The molecule has 5 nitrogen and oxygen atoms in total. The van der Waals surface area contributed by atoms with Gasteiger partial charge in [0.15, 0.2) is 5.96 Å². The number of aromatic nitrogens is 2. The minimum Gasteiger partial charge on any atom is -0.349 e. The molecular weight excluding hydrogens is 238 g/mol. The number of guanidine groups is 1. The molecule has 1 aromatic rings. The molecule has 0 saturated carbocycles. The van der Waals surface area contributed by atoms with Crippen LogP contribution in [0.15, 0.2) is 4.99 Å². The van der Waals surface area contributed by atoms with Crippen LogP contribution in [0, 0.1) is 0 Å². The van der Waals surface area contributed by atoms with Gasteiger partial charge in [0.1, 0.15) is 0 Å². The van der Waals surface area contributed by atoms with Crippen molar-refractivity contribution in [1.82, 2.24) is 19.6 Å². The van der Waals surface area contributed by atoms with E-state index in [1.54, 1.807) is 0 Å². The van der Waals surface area contributed by atoms with Crippen molar-refractivity contribution >= 4 is 5.96 Å². The average molecular weight is 265 g/mol. The fourth-order valence-electron chi connectivity index (χ4n) is 2.41. The molecule has 0 fully saturated rings. The van der Waals surface area contributed by atoms with Crippen molar-refractivity contribution in [2.45, 2.75) is 33.2 Å². The summed E-state index contributed by atoms with van der Waals surface area (Å²) in [5.74, 6) is 0.980. The summed E-state index contributed by atoms with van der Waals surface area (Å²) in [7, 11) is 10.1. The molecule has 5 heteroatoms. The van der Waals surface area contributed by atoms with Gasteiger partial charge in [-0.1, -0.05) is 13.8 Å². The lowest BCUT2D eigenvalue weighted by atomic mass is 10.1. The summed E-state index contributed by atoms with van der Waals surface area (Å²) in [6.45, 7) is 5.02. The van der Waals surface area contributed by atoms with Crippen LogP contribution >= 0.6 is 0 Å². The topological polar surface area (TPSA) is 36.7 Å². The van der Waals surface area contributed by atoms with Gasteiger partial charge < -0.3 is 9.80 Å². The number of nitrogens with zero attached hydrogens (tertiary/aromatic N) is 5. The number of hydrogen-bond acceptors (Lipinski definition) is 2. The van der Waals surface area contributed by atoms with Crippen LogP contribution in [0.5, 0.6) is 0 Å². The van der Waals surface area contributed by atoms with E-state index in [0.29, 0.717) is 6.54 Å². The maximum absolute atomic E-state index is 4.74. The number of aryl methyl sites for hydroxylation is 2. The fourth-order valence-corrected chi connectivity index (χ4v) is 2.41. The second-order valence-corrected chi connectivity index (χ2v) is 5.11. The first-order valence-electron chi connectivity index (χ1n) is 6.85. The van der Waals surface area contributed by atoms with Crippen LogP contribution in [0.1, 0.15) is 30.8 Å². The third-order valence-electron chi connectivity index (χ3n) is 3.21. The summed E-state index contributed by atoms with van der Waals surface area (Å²) in [6, 6.07) is 0. The minimum absolute atomic E-state index is 0.700. The molecule has 1 rings (SSSR count). The van der Waals surface area contributed by atoms with E-state index in [-0.39, 0.29) is 0 Å². The lowest BCUT2D eigenvalue weighted by Gasteiger charge is -2.22. The Labute approximate surface area is 116 Å². The Kier molecular flexibility index (Phi) is 5.39. The predicted octanol–water partition coefficient (Wildman–Crippen LogP) is 1.52. The van der Waals surface area contributed by atoms with Crippen LogP contribution in [-0.4, -0.2) is 53.7 Å². The number of rotatable bonds is 4. The highest BCUT2D eigenvalue weighted by molar-refractivity contribution is 5.79. The second kappa shape index (κ2) is 6.59. The molecule has 0 bridgehead atoms. The fraction of sp³-hybridized carbons (Fsp3) is 0.714. The molecule has 0 saturated heterocycles. The SMILES string of the molecule is CCc1nn(C)c(CC)c1CN=C(N(C)C)N(C)C. The molecule has 0 radical (unpaired) electrons. The van der Waals surface area contributed by atoms with Crippen LogP contribution in [-0.2, 0) is 26.4 Å². The predicted molar refractivity (Wildman–Crippen MR) is 80.5 cm³/mol. The molecule has 0 unspecified atom stereocenters. The van der Waals surface area contributed by atoms with E-state index >= 15 is 0 Å². The van der Waals surface area contributed by atoms with Gasteiger partial charge in [-0.15, -0.1) is 0 Å². The lowest BCUT2D eigenvalue weighted by molar-refractivity contribution is 0.479. The maximum Gasteiger partial charge on any atom is 0.195 e. The third-order valence-corrected chi connectivity index (χ3v) is 3.21. The van der Waals surface area contributed by atoms with Gasteiger partial charge in [-0.25, -0.2) is 4.99 Å². The van der Waals surface area contributed by atoms with Crippen molar-refractivity contribution < 1.29 is 0 Å². The Morgan fingerprint density at radius 3 is 2.11 bits per heavy atom. The van der Waals surface area contributed by atoms with Crippen molar-refractivity contribution in [3.8, 4) is 0 Å². The van der Waals surface area contributed by atoms with E-state index in [2.05, 4.69) is 18.9 Å². The highest BCUT2D eigenvalue weighted by Gasteiger charge is 2.14. The molecule has 0 spiro atoms. The van der Waals surface area contributed by atoms with Crippen molar-refractivity contribution in [3.63, 3.8) is 0 Å². The van der Waals surface area contributed by atoms with Crippen molar-refractivity contribution in [2.75, 3.05) is 28.2 Å². The van der Waals surface area contributed by atoms with E-state index in [1.807, 2.05) is 49.7 Å². The molecule has 0 aliphatic rings. The zero-order valence-electron chi connectivity index (χ0n) is 13.4. The Morgan fingerprint density at radius 2 is 1.68 bits per heavy atom. The molecule has 0 N–H and O–H groups in total. The molecule has 0 amide bonds. The molecule has 0 aliphatic heterocycles. The smallest absolute Gasteiger partial charge is 0.195 e. The molecule has 0 aliphatic carbocycles. The van der Waals surface area contributed by atoms with E-state index < -0.39 is 0 Å². The Balaban J connectivity index is 3.07. The van der Waals surface area contributed by atoms with Crippen molar-refractivity contribution in [3.05, 3.63) is 17.0 Å². The molecule has 1 aromatic heterocycles. The van der Waals surface area contributed by atoms with Crippen LogP contribution in [0.4, 0.5) is 0 Å². The van der Waals surface area contributed by atoms with Gasteiger partial charge in [0, 0.05) is 46.5 Å².